The summed E-state index contributed by atoms with van der Waals surface area (Å²) in [5, 5.41) is 0. The van der Waals surface area contributed by atoms with Crippen LogP contribution in [0.5, 0.6) is 0 Å². The Balaban J connectivity index is 1.94. The zero-order valence-corrected chi connectivity index (χ0v) is 11.2. The van der Waals surface area contributed by atoms with Gasteiger partial charge in [-0.25, -0.2) is 20.4 Å². The molecule has 1 atom stereocenters. The van der Waals surface area contributed by atoms with Crippen molar-refractivity contribution in [2.75, 3.05) is 0 Å². The zero-order valence-electron chi connectivity index (χ0n) is 11.2. The van der Waals surface area contributed by atoms with Gasteiger partial charge >= 0.3 is 0 Å². The van der Waals surface area contributed by atoms with Gasteiger partial charge in [-0.1, -0.05) is 12.1 Å². The van der Waals surface area contributed by atoms with E-state index in [4.69, 9.17) is 5.84 Å². The van der Waals surface area contributed by atoms with Gasteiger partial charge in [0.2, 0.25) is 0 Å². The minimum absolute atomic E-state index is 0.160. The summed E-state index contributed by atoms with van der Waals surface area (Å²) < 4.78 is 2.07. The Morgan fingerprint density at radius 1 is 1.20 bits per heavy atom. The number of hydrogen-bond donors (Lipinski definition) is 2. The van der Waals surface area contributed by atoms with Gasteiger partial charge in [-0.05, 0) is 18.2 Å². The third-order valence-electron chi connectivity index (χ3n) is 3.37. The van der Waals surface area contributed by atoms with Crippen LogP contribution in [0.15, 0.2) is 42.7 Å². The first-order valence-corrected chi connectivity index (χ1v) is 6.43. The quantitative estimate of drug-likeness (QED) is 0.547. The van der Waals surface area contributed by atoms with E-state index >= 15 is 0 Å². The molecule has 0 radical (unpaired) electrons. The summed E-state index contributed by atoms with van der Waals surface area (Å²) >= 11 is 0. The highest BCUT2D eigenvalue weighted by Crippen LogP contribution is 2.18. The molecule has 0 fully saturated rings. The lowest BCUT2D eigenvalue weighted by Crippen LogP contribution is -2.31. The average Bonchev–Trinajstić information content (AvgIpc) is 2.82. The Kier molecular flexibility index (Phi) is 3.41. The summed E-state index contributed by atoms with van der Waals surface area (Å²) in [4.78, 5) is 13.1. The molecule has 0 spiro atoms. The van der Waals surface area contributed by atoms with Crippen molar-refractivity contribution in [3.8, 4) is 0 Å². The normalized spacial score (nSPS) is 12.7. The van der Waals surface area contributed by atoms with E-state index in [-0.39, 0.29) is 6.04 Å². The average molecular weight is 268 g/mol. The van der Waals surface area contributed by atoms with E-state index in [9.17, 15) is 0 Å². The van der Waals surface area contributed by atoms with Crippen molar-refractivity contribution >= 4 is 11.0 Å². The lowest BCUT2D eigenvalue weighted by molar-refractivity contribution is 0.505. The van der Waals surface area contributed by atoms with Crippen LogP contribution in [0.3, 0.4) is 0 Å². The molecule has 0 saturated heterocycles. The number of hydrogen-bond acceptors (Lipinski definition) is 5. The van der Waals surface area contributed by atoms with Crippen molar-refractivity contribution in [2.24, 2.45) is 12.9 Å². The summed E-state index contributed by atoms with van der Waals surface area (Å²) in [6.45, 7) is 0. The Labute approximate surface area is 116 Å². The molecule has 3 aromatic rings. The molecule has 0 saturated carbocycles. The van der Waals surface area contributed by atoms with Crippen molar-refractivity contribution in [1.82, 2.24) is 24.9 Å². The van der Waals surface area contributed by atoms with Crippen LogP contribution in [-0.4, -0.2) is 19.5 Å². The highest BCUT2D eigenvalue weighted by Gasteiger charge is 2.17. The van der Waals surface area contributed by atoms with Crippen LogP contribution < -0.4 is 11.3 Å². The molecule has 0 aliphatic rings. The summed E-state index contributed by atoms with van der Waals surface area (Å²) in [7, 11) is 2.00. The summed E-state index contributed by atoms with van der Waals surface area (Å²) in [5.74, 6) is 7.24. The topological polar surface area (TPSA) is 81.7 Å². The van der Waals surface area contributed by atoms with E-state index < -0.39 is 0 Å². The maximum absolute atomic E-state index is 5.63. The fraction of sp³-hybridized carbons (Fsp3) is 0.214. The van der Waals surface area contributed by atoms with E-state index in [2.05, 4.69) is 31.0 Å². The number of nitrogens with one attached hydrogen (secondary N) is 1. The molecule has 0 amide bonds. The van der Waals surface area contributed by atoms with Gasteiger partial charge in [0, 0.05) is 25.9 Å². The second kappa shape index (κ2) is 5.36. The SMILES string of the molecule is Cn1c(CC(NN)c2ncccn2)nc2ccccc21. The van der Waals surface area contributed by atoms with Crippen LogP contribution in [0.25, 0.3) is 11.0 Å². The van der Waals surface area contributed by atoms with Gasteiger partial charge in [0.05, 0.1) is 17.1 Å². The fourth-order valence-corrected chi connectivity index (χ4v) is 2.28. The molecule has 0 bridgehead atoms. The summed E-state index contributed by atoms with van der Waals surface area (Å²) in [5.41, 5.74) is 4.85. The van der Waals surface area contributed by atoms with Crippen LogP contribution >= 0.6 is 0 Å². The first kappa shape index (κ1) is 12.7. The standard InChI is InChI=1S/C14H16N6/c1-20-12-6-3-2-5-10(12)18-13(20)9-11(19-15)14-16-7-4-8-17-14/h2-8,11,19H,9,15H2,1H3. The molecular formula is C14H16N6. The second-order valence-electron chi connectivity index (χ2n) is 4.61. The highest BCUT2D eigenvalue weighted by atomic mass is 15.2. The van der Waals surface area contributed by atoms with Crippen LogP contribution in [0.4, 0.5) is 0 Å². The lowest BCUT2D eigenvalue weighted by Gasteiger charge is -2.13. The number of aryl methyl sites for hydroxylation is 1. The molecule has 3 rings (SSSR count). The molecule has 3 N–H and O–H groups in total. The summed E-state index contributed by atoms with van der Waals surface area (Å²) in [6, 6.07) is 9.67. The minimum Gasteiger partial charge on any atom is -0.331 e. The van der Waals surface area contributed by atoms with Crippen molar-refractivity contribution in [3.05, 3.63) is 54.4 Å². The van der Waals surface area contributed by atoms with Crippen LogP contribution in [0.1, 0.15) is 17.7 Å². The van der Waals surface area contributed by atoms with E-state index in [0.29, 0.717) is 12.2 Å². The number of rotatable bonds is 4. The number of nitrogens with two attached hydrogens (primary N) is 1. The molecule has 6 heteroatoms. The lowest BCUT2D eigenvalue weighted by atomic mass is 10.2. The Hall–Kier alpha value is -2.31. The molecular weight excluding hydrogens is 252 g/mol. The van der Waals surface area contributed by atoms with Crippen molar-refractivity contribution < 1.29 is 0 Å². The van der Waals surface area contributed by atoms with Crippen molar-refractivity contribution in [3.63, 3.8) is 0 Å². The molecule has 2 heterocycles. The number of para-hydroxylation sites is 2. The van der Waals surface area contributed by atoms with Crippen LogP contribution in [0, 0.1) is 0 Å². The zero-order chi connectivity index (χ0) is 13.9. The third kappa shape index (κ3) is 2.26. The Morgan fingerprint density at radius 3 is 2.65 bits per heavy atom. The third-order valence-corrected chi connectivity index (χ3v) is 3.37. The molecule has 1 aromatic carbocycles. The molecule has 0 aliphatic carbocycles. The van der Waals surface area contributed by atoms with Crippen LogP contribution in [0.2, 0.25) is 0 Å². The molecule has 20 heavy (non-hydrogen) atoms. The molecule has 6 nitrogen and oxygen atoms in total. The maximum Gasteiger partial charge on any atom is 0.146 e. The number of benzene rings is 1. The van der Waals surface area contributed by atoms with E-state index in [0.717, 1.165) is 16.9 Å². The van der Waals surface area contributed by atoms with Gasteiger partial charge in [0.15, 0.2) is 0 Å². The van der Waals surface area contributed by atoms with Crippen LogP contribution in [-0.2, 0) is 13.5 Å². The summed E-state index contributed by atoms with van der Waals surface area (Å²) in [6.07, 6.45) is 4.05. The maximum atomic E-state index is 5.63. The van der Waals surface area contributed by atoms with Gasteiger partial charge < -0.3 is 4.57 Å². The minimum atomic E-state index is -0.160. The smallest absolute Gasteiger partial charge is 0.146 e. The highest BCUT2D eigenvalue weighted by molar-refractivity contribution is 5.75. The van der Waals surface area contributed by atoms with E-state index in [1.807, 2.05) is 25.2 Å². The van der Waals surface area contributed by atoms with Crippen molar-refractivity contribution in [2.45, 2.75) is 12.5 Å². The van der Waals surface area contributed by atoms with Gasteiger partial charge in [0.1, 0.15) is 11.6 Å². The van der Waals surface area contributed by atoms with Crippen molar-refractivity contribution in [1.29, 1.82) is 0 Å². The van der Waals surface area contributed by atoms with Gasteiger partial charge in [0.25, 0.3) is 0 Å². The number of hydrazine groups is 1. The number of imidazole rings is 1. The Morgan fingerprint density at radius 2 is 1.95 bits per heavy atom. The molecule has 102 valence electrons. The monoisotopic (exact) mass is 268 g/mol. The van der Waals surface area contributed by atoms with Gasteiger partial charge in [-0.15, -0.1) is 0 Å². The van der Waals surface area contributed by atoms with Gasteiger partial charge in [-0.2, -0.15) is 0 Å². The Bertz CT molecular complexity index is 706. The first-order chi connectivity index (χ1) is 9.79. The number of nitrogens with zero attached hydrogens (tertiary/aromatic N) is 4. The molecule has 1 unspecified atom stereocenters. The molecule has 0 aliphatic heterocycles. The predicted octanol–water partition coefficient (Wildman–Crippen LogP) is 1.11. The second-order valence-corrected chi connectivity index (χ2v) is 4.61. The largest absolute Gasteiger partial charge is 0.331 e. The first-order valence-electron chi connectivity index (χ1n) is 6.43. The number of fused-ring (bicyclic) bond motifs is 1. The van der Waals surface area contributed by atoms with E-state index in [1.165, 1.54) is 0 Å². The number of aromatic nitrogens is 4. The predicted molar refractivity (Wildman–Crippen MR) is 76.5 cm³/mol. The van der Waals surface area contributed by atoms with E-state index in [1.54, 1.807) is 18.5 Å². The van der Waals surface area contributed by atoms with Gasteiger partial charge in [-0.3, -0.25) is 5.84 Å². The molecule has 2 aromatic heterocycles. The fourth-order valence-electron chi connectivity index (χ4n) is 2.28.